The van der Waals surface area contributed by atoms with E-state index in [-0.39, 0.29) is 29.6 Å². The Labute approximate surface area is 195 Å². The summed E-state index contributed by atoms with van der Waals surface area (Å²) in [6.07, 6.45) is -1.30. The molecule has 0 radical (unpaired) electrons. The van der Waals surface area contributed by atoms with Gasteiger partial charge in [-0.05, 0) is 50.4 Å². The van der Waals surface area contributed by atoms with E-state index in [1.165, 1.54) is 0 Å². The van der Waals surface area contributed by atoms with Crippen molar-refractivity contribution < 1.29 is 41.8 Å². The average molecular weight is 489 g/mol. The van der Waals surface area contributed by atoms with Crippen LogP contribution >= 0.6 is 0 Å². The Kier molecular flexibility index (Phi) is 7.18. The van der Waals surface area contributed by atoms with Gasteiger partial charge in [-0.3, -0.25) is 23.9 Å². The summed E-state index contributed by atoms with van der Waals surface area (Å²) in [6.45, 7) is 0.553. The number of hydrogen-bond donors (Lipinski definition) is 2. The minimum absolute atomic E-state index is 0.104. The first-order valence-electron chi connectivity index (χ1n) is 11.8. The molecule has 34 heavy (non-hydrogen) atoms. The molecular weight excluding hydrogens is 459 g/mol. The topological polar surface area (TPSA) is 114 Å². The Morgan fingerprint density at radius 2 is 1.91 bits per heavy atom. The quantitative estimate of drug-likeness (QED) is 0.524. The van der Waals surface area contributed by atoms with Gasteiger partial charge < -0.3 is 20.3 Å². The maximum atomic E-state index is 13.3. The van der Waals surface area contributed by atoms with E-state index in [0.717, 1.165) is 12.8 Å². The van der Waals surface area contributed by atoms with Crippen LogP contribution in [0.25, 0.3) is 0 Å². The number of nitrogens with zero attached hydrogens (tertiary/aromatic N) is 1. The lowest BCUT2D eigenvalue weighted by Crippen LogP contribution is -2.53. The molecule has 0 aromatic carbocycles. The minimum Gasteiger partial charge on any atom is -0.381 e. The van der Waals surface area contributed by atoms with Gasteiger partial charge >= 0.3 is 6.36 Å². The predicted octanol–water partition coefficient (Wildman–Crippen LogP) is 0.911. The van der Waals surface area contributed by atoms with Gasteiger partial charge in [-0.25, -0.2) is 0 Å². The number of ether oxygens (including phenoxy) is 2. The Bertz CT molecular complexity index is 825. The lowest BCUT2D eigenvalue weighted by Gasteiger charge is -2.31. The number of carbonyl (C=O) groups excluding carboxylic acids is 4. The third kappa shape index (κ3) is 5.88. The summed E-state index contributed by atoms with van der Waals surface area (Å²) in [4.78, 5) is 52.6. The van der Waals surface area contributed by atoms with Gasteiger partial charge in [0.05, 0.1) is 6.04 Å². The highest BCUT2D eigenvalue weighted by atomic mass is 19.4. The lowest BCUT2D eigenvalue weighted by atomic mass is 9.95. The first kappa shape index (κ1) is 24.9. The van der Waals surface area contributed by atoms with E-state index in [9.17, 15) is 32.3 Å². The summed E-state index contributed by atoms with van der Waals surface area (Å²) in [5.74, 6) is -2.81. The van der Waals surface area contributed by atoms with Crippen molar-refractivity contribution in [2.24, 2.45) is 17.3 Å². The number of alkyl halides is 3. The van der Waals surface area contributed by atoms with E-state index in [0.29, 0.717) is 52.0 Å². The van der Waals surface area contributed by atoms with E-state index in [2.05, 4.69) is 15.4 Å². The Hall–Kier alpha value is -2.21. The summed E-state index contributed by atoms with van der Waals surface area (Å²) in [7, 11) is 0. The molecule has 0 bridgehead atoms. The van der Waals surface area contributed by atoms with Crippen LogP contribution in [0, 0.1) is 17.3 Å². The normalized spacial score (nSPS) is 27.5. The van der Waals surface area contributed by atoms with E-state index < -0.39 is 42.7 Å². The molecule has 1 spiro atoms. The van der Waals surface area contributed by atoms with Crippen LogP contribution < -0.4 is 10.6 Å². The maximum Gasteiger partial charge on any atom is 0.522 e. The van der Waals surface area contributed by atoms with Gasteiger partial charge in [-0.1, -0.05) is 0 Å². The van der Waals surface area contributed by atoms with Gasteiger partial charge in [0.15, 0.2) is 5.78 Å². The standard InChI is InChI=1S/C22H30F3N3O6/c23-22(24,25)34-11-17(29)15(9-14-1-6-26-18(14)30)27-19(31)16-10-21(4-5-21)12-28(16)20(32)13-2-7-33-8-3-13/h13-16H,1-12H2,(H,26,30)(H,27,31)/t14-,15-,16-/m0/s1. The highest BCUT2D eigenvalue weighted by molar-refractivity contribution is 5.94. The number of rotatable bonds is 8. The van der Waals surface area contributed by atoms with E-state index >= 15 is 0 Å². The van der Waals surface area contributed by atoms with Crippen LogP contribution in [-0.4, -0.2) is 79.8 Å². The summed E-state index contributed by atoms with van der Waals surface area (Å²) >= 11 is 0. The van der Waals surface area contributed by atoms with E-state index in [1.54, 1.807) is 4.90 Å². The summed E-state index contributed by atoms with van der Waals surface area (Å²) in [5.41, 5.74) is -0.104. The number of Topliss-reactive ketones (excluding diaryl/α,β-unsaturated/α-hetero) is 1. The van der Waals surface area contributed by atoms with Gasteiger partial charge in [0.25, 0.3) is 0 Å². The van der Waals surface area contributed by atoms with Gasteiger partial charge in [0.1, 0.15) is 12.6 Å². The van der Waals surface area contributed by atoms with Crippen LogP contribution in [0.1, 0.15) is 44.9 Å². The molecule has 0 aromatic rings. The summed E-state index contributed by atoms with van der Waals surface area (Å²) in [5, 5.41) is 5.18. The van der Waals surface area contributed by atoms with Crippen molar-refractivity contribution in [3.63, 3.8) is 0 Å². The Balaban J connectivity index is 1.46. The molecule has 1 saturated carbocycles. The van der Waals surface area contributed by atoms with Gasteiger partial charge in [-0.2, -0.15) is 0 Å². The van der Waals surface area contributed by atoms with Crippen molar-refractivity contribution in [3.8, 4) is 0 Å². The molecule has 1 aliphatic carbocycles. The predicted molar refractivity (Wildman–Crippen MR) is 110 cm³/mol. The van der Waals surface area contributed by atoms with Crippen LogP contribution in [0.4, 0.5) is 13.2 Å². The zero-order valence-electron chi connectivity index (χ0n) is 18.8. The third-order valence-electron chi connectivity index (χ3n) is 7.39. The largest absolute Gasteiger partial charge is 0.522 e. The number of halogens is 3. The third-order valence-corrected chi connectivity index (χ3v) is 7.39. The van der Waals surface area contributed by atoms with Gasteiger partial charge in [-0.15, -0.1) is 13.2 Å². The molecule has 3 atom stereocenters. The monoisotopic (exact) mass is 489 g/mol. The molecule has 3 aliphatic heterocycles. The fourth-order valence-corrected chi connectivity index (χ4v) is 5.19. The molecule has 0 unspecified atom stereocenters. The van der Waals surface area contributed by atoms with Gasteiger partial charge in [0, 0.05) is 38.1 Å². The van der Waals surface area contributed by atoms with E-state index in [1.807, 2.05) is 0 Å². The second-order valence-corrected chi connectivity index (χ2v) is 9.85. The molecule has 3 amide bonds. The average Bonchev–Trinajstić information content (AvgIpc) is 3.26. The van der Waals surface area contributed by atoms with Crippen molar-refractivity contribution in [1.29, 1.82) is 0 Å². The first-order valence-corrected chi connectivity index (χ1v) is 11.8. The van der Waals surface area contributed by atoms with Crippen LogP contribution in [0.3, 0.4) is 0 Å². The smallest absolute Gasteiger partial charge is 0.381 e. The number of carbonyl (C=O) groups is 4. The summed E-state index contributed by atoms with van der Waals surface area (Å²) < 4.78 is 46.5. The molecule has 0 aromatic heterocycles. The highest BCUT2D eigenvalue weighted by Crippen LogP contribution is 2.55. The second kappa shape index (κ2) is 9.80. The second-order valence-electron chi connectivity index (χ2n) is 9.85. The summed E-state index contributed by atoms with van der Waals surface area (Å²) in [6, 6.07) is -2.12. The number of nitrogens with one attached hydrogen (secondary N) is 2. The molecule has 2 N–H and O–H groups in total. The molecule has 9 nitrogen and oxygen atoms in total. The van der Waals surface area contributed by atoms with Crippen molar-refractivity contribution in [2.45, 2.75) is 63.4 Å². The zero-order chi connectivity index (χ0) is 24.5. The van der Waals surface area contributed by atoms with Crippen molar-refractivity contribution >= 4 is 23.5 Å². The molecule has 4 aliphatic rings. The van der Waals surface area contributed by atoms with Crippen LogP contribution in [0.5, 0.6) is 0 Å². The van der Waals surface area contributed by atoms with Crippen LogP contribution in [-0.2, 0) is 28.7 Å². The molecule has 3 saturated heterocycles. The Morgan fingerprint density at radius 3 is 2.50 bits per heavy atom. The zero-order valence-corrected chi connectivity index (χ0v) is 18.8. The molecular formula is C22H30F3N3O6. The van der Waals surface area contributed by atoms with Crippen LogP contribution in [0.15, 0.2) is 0 Å². The van der Waals surface area contributed by atoms with Crippen molar-refractivity contribution in [3.05, 3.63) is 0 Å². The minimum atomic E-state index is -4.99. The maximum absolute atomic E-state index is 13.3. The molecule has 190 valence electrons. The molecule has 12 heteroatoms. The van der Waals surface area contributed by atoms with E-state index in [4.69, 9.17) is 4.74 Å². The number of ketones is 1. The Morgan fingerprint density at radius 1 is 1.21 bits per heavy atom. The highest BCUT2D eigenvalue weighted by Gasteiger charge is 2.56. The molecule has 4 rings (SSSR count). The van der Waals surface area contributed by atoms with Crippen LogP contribution in [0.2, 0.25) is 0 Å². The molecule has 4 fully saturated rings. The lowest BCUT2D eigenvalue weighted by molar-refractivity contribution is -0.321. The van der Waals surface area contributed by atoms with Gasteiger partial charge in [0.2, 0.25) is 17.7 Å². The fourth-order valence-electron chi connectivity index (χ4n) is 5.19. The number of hydrogen-bond acceptors (Lipinski definition) is 6. The van der Waals surface area contributed by atoms with Crippen molar-refractivity contribution in [1.82, 2.24) is 15.5 Å². The molecule has 3 heterocycles. The first-order chi connectivity index (χ1) is 16.1. The van der Waals surface area contributed by atoms with Crippen molar-refractivity contribution in [2.75, 3.05) is 32.9 Å². The SMILES string of the molecule is O=C1NCC[C@H]1C[C@H](NC(=O)[C@@H]1CC2(CC2)CN1C(=O)C1CCOCC1)C(=O)COC(F)(F)F. The number of likely N-dealkylation sites (tertiary alicyclic amines) is 1. The number of amides is 3. The fraction of sp³-hybridized carbons (Fsp3) is 0.818.